The Balaban J connectivity index is 0.000000250. The van der Waals surface area contributed by atoms with E-state index < -0.39 is 0 Å². The van der Waals surface area contributed by atoms with Crippen molar-refractivity contribution in [2.45, 2.75) is 0 Å². The van der Waals surface area contributed by atoms with E-state index >= 15 is 0 Å². The molecule has 0 N–H and O–H groups in total. The van der Waals surface area contributed by atoms with E-state index in [1.807, 2.05) is 12.1 Å². The van der Waals surface area contributed by atoms with E-state index in [-0.39, 0.29) is 13.5 Å². The van der Waals surface area contributed by atoms with Crippen LogP contribution in [0, 0.1) is 0 Å². The van der Waals surface area contributed by atoms with Gasteiger partial charge in [0.2, 0.25) is 0 Å². The smallest absolute Gasteiger partial charge is 0.0902 e. The highest BCUT2D eigenvalue weighted by atomic mass is 32.1. The van der Waals surface area contributed by atoms with E-state index in [9.17, 15) is 0 Å². The van der Waals surface area contributed by atoms with Crippen LogP contribution in [0.2, 0.25) is 0 Å². The molecule has 0 aliphatic carbocycles. The molecule has 0 aliphatic heterocycles. The highest BCUT2D eigenvalue weighted by Gasteiger charge is 1.58. The number of rotatable bonds is 0. The minimum absolute atomic E-state index is 0. The second kappa shape index (κ2) is 2.85. The van der Waals surface area contributed by atoms with E-state index in [2.05, 4.69) is 4.42 Å². The molecule has 1 aromatic rings. The first-order chi connectivity index (χ1) is 2.50. The molecule has 1 rings (SSSR count). The predicted molar refractivity (Wildman–Crippen MR) is 26.3 cm³/mol. The van der Waals surface area contributed by atoms with Crippen molar-refractivity contribution in [2.75, 3.05) is 0 Å². The van der Waals surface area contributed by atoms with E-state index in [1.165, 1.54) is 0 Å². The Hall–Kier alpha value is -0.370. The zero-order valence-corrected chi connectivity index (χ0v) is 3.94. The Morgan fingerprint density at radius 1 is 1.00 bits per heavy atom. The number of furan rings is 1. The SMILES string of the molecule is [S].c1ccoc1. The summed E-state index contributed by atoms with van der Waals surface area (Å²) < 4.78 is 4.58. The van der Waals surface area contributed by atoms with Gasteiger partial charge < -0.3 is 4.42 Å². The van der Waals surface area contributed by atoms with Crippen molar-refractivity contribution in [2.24, 2.45) is 0 Å². The summed E-state index contributed by atoms with van der Waals surface area (Å²) in [5.74, 6) is 0. The van der Waals surface area contributed by atoms with Gasteiger partial charge in [-0.15, -0.1) is 0 Å². The van der Waals surface area contributed by atoms with Crippen LogP contribution >= 0.6 is 13.5 Å². The fraction of sp³-hybridized carbons (Fsp3) is 0. The summed E-state index contributed by atoms with van der Waals surface area (Å²) >= 11 is 0. The summed E-state index contributed by atoms with van der Waals surface area (Å²) in [6, 6.07) is 3.67. The van der Waals surface area contributed by atoms with Gasteiger partial charge in [0, 0.05) is 13.5 Å². The fourth-order valence-electron chi connectivity index (χ4n) is 0.227. The second-order valence-corrected chi connectivity index (χ2v) is 0.793. The minimum atomic E-state index is 0. The van der Waals surface area contributed by atoms with Crippen molar-refractivity contribution in [1.29, 1.82) is 0 Å². The van der Waals surface area contributed by atoms with Crippen LogP contribution in [0.5, 0.6) is 0 Å². The minimum Gasteiger partial charge on any atom is -0.473 e. The molecule has 0 fully saturated rings. The lowest BCUT2D eigenvalue weighted by molar-refractivity contribution is 0.567. The zero-order valence-electron chi connectivity index (χ0n) is 3.13. The number of hydrogen-bond acceptors (Lipinski definition) is 1. The zero-order chi connectivity index (χ0) is 3.54. The maximum atomic E-state index is 4.58. The third-order valence-corrected chi connectivity index (χ3v) is 0.425. The molecule has 1 nitrogen and oxygen atoms in total. The second-order valence-electron chi connectivity index (χ2n) is 0.793. The lowest BCUT2D eigenvalue weighted by Gasteiger charge is -1.50. The van der Waals surface area contributed by atoms with Crippen LogP contribution in [0.3, 0.4) is 0 Å². The van der Waals surface area contributed by atoms with Crippen LogP contribution < -0.4 is 0 Å². The molecular weight excluding hydrogens is 96.1 g/mol. The summed E-state index contributed by atoms with van der Waals surface area (Å²) in [6.07, 6.45) is 3.25. The van der Waals surface area contributed by atoms with Crippen LogP contribution in [0.1, 0.15) is 0 Å². The van der Waals surface area contributed by atoms with E-state index in [4.69, 9.17) is 0 Å². The molecule has 0 spiro atoms. The van der Waals surface area contributed by atoms with Crippen LogP contribution in [-0.2, 0) is 0 Å². The van der Waals surface area contributed by atoms with Crippen molar-refractivity contribution in [3.8, 4) is 0 Å². The van der Waals surface area contributed by atoms with Gasteiger partial charge >= 0.3 is 0 Å². The van der Waals surface area contributed by atoms with Gasteiger partial charge in [-0.1, -0.05) is 0 Å². The van der Waals surface area contributed by atoms with Crippen molar-refractivity contribution in [3.05, 3.63) is 24.7 Å². The highest BCUT2D eigenvalue weighted by molar-refractivity contribution is 7.59. The van der Waals surface area contributed by atoms with Crippen LogP contribution in [0.25, 0.3) is 0 Å². The average Bonchev–Trinajstić information content (AvgIpc) is 1.76. The molecule has 0 saturated carbocycles. The van der Waals surface area contributed by atoms with Gasteiger partial charge in [0.1, 0.15) is 0 Å². The molecule has 0 atom stereocenters. The molecule has 6 heavy (non-hydrogen) atoms. The van der Waals surface area contributed by atoms with Gasteiger partial charge in [0.05, 0.1) is 12.5 Å². The first-order valence-electron chi connectivity index (χ1n) is 1.47. The largest absolute Gasteiger partial charge is 0.473 e. The van der Waals surface area contributed by atoms with Crippen LogP contribution in [-0.4, -0.2) is 0 Å². The lowest BCUT2D eigenvalue weighted by Crippen LogP contribution is -1.16. The molecule has 0 bridgehead atoms. The molecule has 0 saturated heterocycles. The third-order valence-electron chi connectivity index (χ3n) is 0.425. The lowest BCUT2D eigenvalue weighted by atomic mass is 10.7. The summed E-state index contributed by atoms with van der Waals surface area (Å²) in [7, 11) is 0. The summed E-state index contributed by atoms with van der Waals surface area (Å²) in [6.45, 7) is 0. The summed E-state index contributed by atoms with van der Waals surface area (Å²) in [5.41, 5.74) is 0. The topological polar surface area (TPSA) is 13.1 Å². The van der Waals surface area contributed by atoms with Gasteiger partial charge in [-0.3, -0.25) is 0 Å². The van der Waals surface area contributed by atoms with Gasteiger partial charge in [0.25, 0.3) is 0 Å². The first kappa shape index (κ1) is 5.63. The third kappa shape index (κ3) is 1.17. The molecular formula is C4H4OS. The van der Waals surface area contributed by atoms with E-state index in [1.54, 1.807) is 12.5 Å². The standard InChI is InChI=1S/C4H4O.S/c1-2-4-5-3-1;/h1-4H;. The van der Waals surface area contributed by atoms with E-state index in [0.29, 0.717) is 0 Å². The van der Waals surface area contributed by atoms with Gasteiger partial charge in [-0.05, 0) is 12.1 Å². The van der Waals surface area contributed by atoms with Crippen molar-refractivity contribution >= 4 is 13.5 Å². The Kier molecular flexibility index (Phi) is 2.67. The summed E-state index contributed by atoms with van der Waals surface area (Å²) in [5, 5.41) is 0. The molecule has 32 valence electrons. The fourth-order valence-corrected chi connectivity index (χ4v) is 0.227. The molecule has 0 amide bonds. The molecule has 2 heteroatoms. The quantitative estimate of drug-likeness (QED) is 0.485. The Morgan fingerprint density at radius 3 is 1.67 bits per heavy atom. The van der Waals surface area contributed by atoms with Crippen molar-refractivity contribution < 1.29 is 4.42 Å². The molecule has 2 radical (unpaired) electrons. The maximum absolute atomic E-state index is 4.58. The first-order valence-corrected chi connectivity index (χ1v) is 1.47. The monoisotopic (exact) mass is 100.0 g/mol. The van der Waals surface area contributed by atoms with Crippen molar-refractivity contribution in [1.82, 2.24) is 0 Å². The normalized spacial score (nSPS) is 6.67. The maximum Gasteiger partial charge on any atom is 0.0902 e. The Bertz CT molecular complexity index is 64.0. The average molecular weight is 100 g/mol. The van der Waals surface area contributed by atoms with Gasteiger partial charge in [0.15, 0.2) is 0 Å². The molecule has 0 unspecified atom stereocenters. The Labute approximate surface area is 43.4 Å². The van der Waals surface area contributed by atoms with Gasteiger partial charge in [-0.25, -0.2) is 0 Å². The molecule has 0 aliphatic rings. The van der Waals surface area contributed by atoms with Crippen LogP contribution in [0.4, 0.5) is 0 Å². The van der Waals surface area contributed by atoms with Crippen molar-refractivity contribution in [3.63, 3.8) is 0 Å². The molecule has 1 aromatic heterocycles. The summed E-state index contributed by atoms with van der Waals surface area (Å²) in [4.78, 5) is 0. The Morgan fingerprint density at radius 2 is 1.50 bits per heavy atom. The van der Waals surface area contributed by atoms with Gasteiger partial charge in [-0.2, -0.15) is 0 Å². The molecule has 0 aromatic carbocycles. The van der Waals surface area contributed by atoms with E-state index in [0.717, 1.165) is 0 Å². The highest BCUT2D eigenvalue weighted by Crippen LogP contribution is 1.79. The molecule has 1 heterocycles. The van der Waals surface area contributed by atoms with Crippen LogP contribution in [0.15, 0.2) is 29.1 Å². The predicted octanol–water partition coefficient (Wildman–Crippen LogP) is 1.93. The number of hydrogen-bond donors (Lipinski definition) is 0.